The molecular formula is C26H33N3O6S. The van der Waals surface area contributed by atoms with E-state index in [1.54, 1.807) is 6.07 Å². The lowest BCUT2D eigenvalue weighted by molar-refractivity contribution is 0.0873. The number of carbonyl (C=O) groups is 1. The molecule has 2 atom stereocenters. The van der Waals surface area contributed by atoms with Gasteiger partial charge < -0.3 is 25.3 Å². The van der Waals surface area contributed by atoms with Crippen LogP contribution in [0, 0.1) is 5.92 Å². The van der Waals surface area contributed by atoms with Gasteiger partial charge in [-0.2, -0.15) is 4.31 Å². The number of nitrogens with two attached hydrogens (primary N) is 1. The Morgan fingerprint density at radius 3 is 2.36 bits per heavy atom. The summed E-state index contributed by atoms with van der Waals surface area (Å²) < 4.78 is 38.3. The normalized spacial score (nSPS) is 13.5. The molecule has 0 aliphatic carbocycles. The molecule has 0 saturated carbocycles. The summed E-state index contributed by atoms with van der Waals surface area (Å²) >= 11 is 0. The van der Waals surface area contributed by atoms with Gasteiger partial charge in [-0.25, -0.2) is 13.2 Å². The van der Waals surface area contributed by atoms with E-state index in [0.29, 0.717) is 11.3 Å². The highest BCUT2D eigenvalue weighted by Crippen LogP contribution is 2.20. The second-order valence-electron chi connectivity index (χ2n) is 9.00. The largest absolute Gasteiger partial charge is 0.472 e. The Balaban J connectivity index is 1.79. The number of hydrogen-bond acceptors (Lipinski definition) is 7. The topological polar surface area (TPSA) is 135 Å². The monoisotopic (exact) mass is 515 g/mol. The number of sulfonamides is 1. The molecule has 0 unspecified atom stereocenters. The van der Waals surface area contributed by atoms with Gasteiger partial charge in [0.25, 0.3) is 0 Å². The second-order valence-corrected chi connectivity index (χ2v) is 10.9. The SMILES string of the molecule is CC(C)CN(C[C@@H](O)[C@H](Cc1ccccc1)NC(=O)OCc1ccoc1)S(=O)(=O)c1ccc(N)cc1. The number of ether oxygens (including phenoxy) is 1. The van der Waals surface area contributed by atoms with Crippen LogP contribution in [0.5, 0.6) is 0 Å². The zero-order valence-corrected chi connectivity index (χ0v) is 21.2. The summed E-state index contributed by atoms with van der Waals surface area (Å²) in [6, 6.07) is 16.1. The fourth-order valence-electron chi connectivity index (χ4n) is 3.67. The van der Waals surface area contributed by atoms with Gasteiger partial charge in [-0.05, 0) is 48.2 Å². The van der Waals surface area contributed by atoms with Crippen molar-refractivity contribution in [3.8, 4) is 0 Å². The molecule has 9 nitrogen and oxygen atoms in total. The fraction of sp³-hybridized carbons (Fsp3) is 0.346. The molecule has 0 bridgehead atoms. The summed E-state index contributed by atoms with van der Waals surface area (Å²) in [6.07, 6.45) is 1.28. The summed E-state index contributed by atoms with van der Waals surface area (Å²) in [6.45, 7) is 3.76. The van der Waals surface area contributed by atoms with Crippen LogP contribution in [0.4, 0.5) is 10.5 Å². The van der Waals surface area contributed by atoms with Crippen LogP contribution in [0.1, 0.15) is 25.0 Å². The summed E-state index contributed by atoms with van der Waals surface area (Å²) in [5.41, 5.74) is 7.72. The Kier molecular flexibility index (Phi) is 9.51. The molecule has 0 aliphatic rings. The van der Waals surface area contributed by atoms with Gasteiger partial charge in [-0.3, -0.25) is 0 Å². The quantitative estimate of drug-likeness (QED) is 0.315. The first-order valence-electron chi connectivity index (χ1n) is 11.7. The molecule has 10 heteroatoms. The number of nitrogens with one attached hydrogen (secondary N) is 1. The third-order valence-electron chi connectivity index (χ3n) is 5.49. The van der Waals surface area contributed by atoms with E-state index in [9.17, 15) is 18.3 Å². The van der Waals surface area contributed by atoms with Crippen molar-refractivity contribution in [2.45, 2.75) is 43.9 Å². The first-order valence-corrected chi connectivity index (χ1v) is 13.1. The van der Waals surface area contributed by atoms with Gasteiger partial charge in [-0.1, -0.05) is 44.2 Å². The van der Waals surface area contributed by atoms with Gasteiger partial charge in [0.1, 0.15) is 6.61 Å². The minimum Gasteiger partial charge on any atom is -0.472 e. The number of benzene rings is 2. The highest BCUT2D eigenvalue weighted by atomic mass is 32.2. The molecule has 3 aromatic rings. The van der Waals surface area contributed by atoms with E-state index < -0.39 is 28.3 Å². The number of amides is 1. The highest BCUT2D eigenvalue weighted by molar-refractivity contribution is 7.89. The Hall–Kier alpha value is -3.34. The van der Waals surface area contributed by atoms with Crippen molar-refractivity contribution in [2.75, 3.05) is 18.8 Å². The number of nitrogen functional groups attached to an aromatic ring is 1. The first-order chi connectivity index (χ1) is 17.1. The van der Waals surface area contributed by atoms with Gasteiger partial charge in [0, 0.05) is 24.3 Å². The molecular weight excluding hydrogens is 482 g/mol. The van der Waals surface area contributed by atoms with Gasteiger partial charge in [0.05, 0.1) is 29.6 Å². The maximum Gasteiger partial charge on any atom is 0.407 e. The lowest BCUT2D eigenvalue weighted by atomic mass is 10.0. The summed E-state index contributed by atoms with van der Waals surface area (Å²) in [7, 11) is -3.92. The Bertz CT molecular complexity index is 1180. The minimum atomic E-state index is -3.92. The molecule has 3 rings (SSSR count). The van der Waals surface area contributed by atoms with Crippen molar-refractivity contribution < 1.29 is 27.5 Å². The van der Waals surface area contributed by atoms with E-state index in [4.69, 9.17) is 14.9 Å². The van der Waals surface area contributed by atoms with E-state index in [1.807, 2.05) is 44.2 Å². The second kappa shape index (κ2) is 12.6. The van der Waals surface area contributed by atoms with Crippen molar-refractivity contribution in [3.05, 3.63) is 84.3 Å². The smallest absolute Gasteiger partial charge is 0.407 e. The van der Waals surface area contributed by atoms with Crippen LogP contribution in [-0.4, -0.2) is 49.2 Å². The predicted octanol–water partition coefficient (Wildman–Crippen LogP) is 3.41. The van der Waals surface area contributed by atoms with Crippen LogP contribution in [0.2, 0.25) is 0 Å². The fourth-order valence-corrected chi connectivity index (χ4v) is 5.29. The Labute approximate surface area is 211 Å². The first kappa shape index (κ1) is 27.3. The number of aliphatic hydroxyl groups is 1. The number of hydrogen-bond donors (Lipinski definition) is 3. The molecule has 36 heavy (non-hydrogen) atoms. The molecule has 2 aromatic carbocycles. The molecule has 0 radical (unpaired) electrons. The maximum absolute atomic E-state index is 13.4. The van der Waals surface area contributed by atoms with Crippen LogP contribution < -0.4 is 11.1 Å². The molecule has 1 heterocycles. The number of carbonyl (C=O) groups excluding carboxylic acids is 1. The van der Waals surface area contributed by atoms with E-state index in [-0.39, 0.29) is 36.9 Å². The van der Waals surface area contributed by atoms with E-state index in [0.717, 1.165) is 5.56 Å². The minimum absolute atomic E-state index is 0.00112. The van der Waals surface area contributed by atoms with E-state index in [2.05, 4.69) is 5.32 Å². The highest BCUT2D eigenvalue weighted by Gasteiger charge is 2.31. The Morgan fingerprint density at radius 2 is 1.75 bits per heavy atom. The molecule has 1 aromatic heterocycles. The maximum atomic E-state index is 13.4. The number of aliphatic hydroxyl groups excluding tert-OH is 1. The number of rotatable bonds is 12. The standard InChI is InChI=1S/C26H33N3O6S/c1-19(2)15-29(36(32,33)23-10-8-22(27)9-11-23)16-25(30)24(14-20-6-4-3-5-7-20)28-26(31)35-18-21-12-13-34-17-21/h3-13,17,19,24-25,30H,14-16,18,27H2,1-2H3,(H,28,31)/t24-,25+/m0/s1. The lowest BCUT2D eigenvalue weighted by Crippen LogP contribution is -2.51. The van der Waals surface area contributed by atoms with Crippen LogP contribution in [0.25, 0.3) is 0 Å². The average molecular weight is 516 g/mol. The number of furan rings is 1. The molecule has 0 fully saturated rings. The predicted molar refractivity (Wildman–Crippen MR) is 136 cm³/mol. The average Bonchev–Trinajstić information content (AvgIpc) is 3.36. The van der Waals surface area contributed by atoms with E-state index in [1.165, 1.54) is 41.1 Å². The molecule has 4 N–H and O–H groups in total. The van der Waals surface area contributed by atoms with Gasteiger partial charge in [0.2, 0.25) is 10.0 Å². The molecule has 0 aliphatic heterocycles. The third-order valence-corrected chi connectivity index (χ3v) is 7.34. The van der Waals surface area contributed by atoms with Gasteiger partial charge in [0.15, 0.2) is 0 Å². The molecule has 1 amide bonds. The van der Waals surface area contributed by atoms with Crippen molar-refractivity contribution in [3.63, 3.8) is 0 Å². The van der Waals surface area contributed by atoms with Crippen molar-refractivity contribution >= 4 is 21.8 Å². The van der Waals surface area contributed by atoms with Crippen LogP contribution in [0.3, 0.4) is 0 Å². The Morgan fingerprint density at radius 1 is 1.06 bits per heavy atom. The van der Waals surface area contributed by atoms with Crippen molar-refractivity contribution in [1.82, 2.24) is 9.62 Å². The number of alkyl carbamates (subject to hydrolysis) is 1. The lowest BCUT2D eigenvalue weighted by Gasteiger charge is -2.30. The number of nitrogens with zero attached hydrogens (tertiary/aromatic N) is 1. The van der Waals surface area contributed by atoms with E-state index >= 15 is 0 Å². The van der Waals surface area contributed by atoms with Crippen molar-refractivity contribution in [1.29, 1.82) is 0 Å². The van der Waals surface area contributed by atoms with Gasteiger partial charge >= 0.3 is 6.09 Å². The summed E-state index contributed by atoms with van der Waals surface area (Å²) in [5.74, 6) is 0.00112. The zero-order valence-electron chi connectivity index (χ0n) is 20.4. The summed E-state index contributed by atoms with van der Waals surface area (Å²) in [5, 5.41) is 13.9. The summed E-state index contributed by atoms with van der Waals surface area (Å²) in [4.78, 5) is 12.6. The zero-order chi connectivity index (χ0) is 26.1. The van der Waals surface area contributed by atoms with Crippen LogP contribution in [-0.2, 0) is 27.8 Å². The van der Waals surface area contributed by atoms with Crippen LogP contribution >= 0.6 is 0 Å². The molecule has 0 spiro atoms. The van der Waals surface area contributed by atoms with Crippen LogP contribution in [0.15, 0.2) is 82.5 Å². The third kappa shape index (κ3) is 7.84. The van der Waals surface area contributed by atoms with Crippen molar-refractivity contribution in [2.24, 2.45) is 5.92 Å². The van der Waals surface area contributed by atoms with Gasteiger partial charge in [-0.15, -0.1) is 0 Å². The molecule has 0 saturated heterocycles. The number of anilines is 1. The molecule has 194 valence electrons.